The highest BCUT2D eigenvalue weighted by atomic mass is 127. The Balaban J connectivity index is 1.78. The van der Waals surface area contributed by atoms with Crippen LogP contribution in [0.4, 0.5) is 0 Å². The highest BCUT2D eigenvalue weighted by Crippen LogP contribution is 2.34. The molecule has 0 bridgehead atoms. The van der Waals surface area contributed by atoms with E-state index < -0.39 is 0 Å². The second-order valence-electron chi connectivity index (χ2n) is 5.81. The third-order valence-corrected chi connectivity index (χ3v) is 5.20. The monoisotopic (exact) mass is 380 g/mol. The maximum atomic E-state index is 4.62. The van der Waals surface area contributed by atoms with Crippen LogP contribution in [0.25, 0.3) is 11.1 Å². The van der Waals surface area contributed by atoms with Crippen molar-refractivity contribution in [2.24, 2.45) is 5.92 Å². The van der Waals surface area contributed by atoms with E-state index in [9.17, 15) is 0 Å². The highest BCUT2D eigenvalue weighted by molar-refractivity contribution is 14.1. The van der Waals surface area contributed by atoms with Gasteiger partial charge < -0.3 is 0 Å². The van der Waals surface area contributed by atoms with Gasteiger partial charge in [0.1, 0.15) is 0 Å². The molecule has 0 radical (unpaired) electrons. The molecule has 2 nitrogen and oxygen atoms in total. The minimum atomic E-state index is 0.603. The number of aromatic nitrogens is 2. The molecule has 1 fully saturated rings. The van der Waals surface area contributed by atoms with Gasteiger partial charge in [0.05, 0.1) is 12.2 Å². The Morgan fingerprint density at radius 2 is 2.00 bits per heavy atom. The van der Waals surface area contributed by atoms with E-state index in [-0.39, 0.29) is 0 Å². The second kappa shape index (κ2) is 6.29. The van der Waals surface area contributed by atoms with Gasteiger partial charge in [0, 0.05) is 15.3 Å². The highest BCUT2D eigenvalue weighted by Gasteiger charge is 2.22. The molecule has 20 heavy (non-hydrogen) atoms. The number of rotatable bonds is 3. The van der Waals surface area contributed by atoms with Gasteiger partial charge in [-0.3, -0.25) is 4.68 Å². The summed E-state index contributed by atoms with van der Waals surface area (Å²) >= 11 is 2.34. The Kier molecular flexibility index (Phi) is 4.44. The molecule has 1 heterocycles. The summed E-state index contributed by atoms with van der Waals surface area (Å²) < 4.78 is 3.48. The third-order valence-electron chi connectivity index (χ3n) is 4.49. The number of hydrogen-bond acceptors (Lipinski definition) is 1. The fourth-order valence-electron chi connectivity index (χ4n) is 3.20. The number of hydrogen-bond donors (Lipinski definition) is 0. The summed E-state index contributed by atoms with van der Waals surface area (Å²) in [5, 5.41) is 4.62. The first-order valence-electron chi connectivity index (χ1n) is 7.56. The minimum absolute atomic E-state index is 0.603. The average molecular weight is 380 g/mol. The molecule has 1 aromatic carbocycles. The largest absolute Gasteiger partial charge is 0.269 e. The van der Waals surface area contributed by atoms with Crippen LogP contribution >= 0.6 is 22.6 Å². The summed E-state index contributed by atoms with van der Waals surface area (Å²) in [5.74, 6) is 0.889. The smallest absolute Gasteiger partial charge is 0.0568 e. The normalized spacial score (nSPS) is 22.9. The van der Waals surface area contributed by atoms with Gasteiger partial charge in [-0.1, -0.05) is 38.3 Å². The van der Waals surface area contributed by atoms with Crippen molar-refractivity contribution in [1.29, 1.82) is 0 Å². The molecule has 1 aliphatic rings. The van der Waals surface area contributed by atoms with Gasteiger partial charge in [-0.25, -0.2) is 0 Å². The molecule has 0 saturated heterocycles. The lowest BCUT2D eigenvalue weighted by Gasteiger charge is -2.28. The standard InChI is InChI=1S/C17H21IN2/c1-2-13-4-3-5-17(10-13)20-12-15(11-19-20)14-6-8-16(18)9-7-14/h6-9,11-13,17H,2-5,10H2,1H3. The quantitative estimate of drug-likeness (QED) is 0.661. The maximum absolute atomic E-state index is 4.62. The molecule has 0 N–H and O–H groups in total. The van der Waals surface area contributed by atoms with Crippen LogP contribution in [-0.4, -0.2) is 9.78 Å². The van der Waals surface area contributed by atoms with E-state index >= 15 is 0 Å². The van der Waals surface area contributed by atoms with Gasteiger partial charge >= 0.3 is 0 Å². The molecule has 2 atom stereocenters. The van der Waals surface area contributed by atoms with Crippen molar-refractivity contribution in [2.45, 2.75) is 45.1 Å². The Hall–Kier alpha value is -0.840. The fourth-order valence-corrected chi connectivity index (χ4v) is 3.56. The lowest BCUT2D eigenvalue weighted by atomic mass is 9.84. The van der Waals surface area contributed by atoms with Gasteiger partial charge in [0.25, 0.3) is 0 Å². The first-order valence-corrected chi connectivity index (χ1v) is 8.64. The van der Waals surface area contributed by atoms with E-state index in [1.165, 1.54) is 46.8 Å². The second-order valence-corrected chi connectivity index (χ2v) is 7.06. The van der Waals surface area contributed by atoms with Crippen molar-refractivity contribution in [3.05, 3.63) is 40.2 Å². The molecule has 0 spiro atoms. The van der Waals surface area contributed by atoms with E-state index in [1.54, 1.807) is 0 Å². The molecule has 0 amide bonds. The molecule has 3 rings (SSSR count). The summed E-state index contributed by atoms with van der Waals surface area (Å²) in [6.45, 7) is 2.31. The molecule has 0 aliphatic heterocycles. The predicted octanol–water partition coefficient (Wildman–Crippen LogP) is 5.30. The summed E-state index contributed by atoms with van der Waals surface area (Å²) in [6, 6.07) is 9.27. The van der Waals surface area contributed by atoms with E-state index in [0.29, 0.717) is 6.04 Å². The molecule has 3 heteroatoms. The lowest BCUT2D eigenvalue weighted by molar-refractivity contribution is 0.248. The molecule has 1 aromatic heterocycles. The van der Waals surface area contributed by atoms with Gasteiger partial charge in [0.2, 0.25) is 0 Å². The molecule has 106 valence electrons. The predicted molar refractivity (Wildman–Crippen MR) is 91.7 cm³/mol. The van der Waals surface area contributed by atoms with Crippen LogP contribution in [-0.2, 0) is 0 Å². The number of benzene rings is 1. The molecule has 2 unspecified atom stereocenters. The molecule has 2 aromatic rings. The molecular weight excluding hydrogens is 359 g/mol. The molecule has 1 aliphatic carbocycles. The van der Waals surface area contributed by atoms with Crippen molar-refractivity contribution < 1.29 is 0 Å². The van der Waals surface area contributed by atoms with Crippen LogP contribution in [0.2, 0.25) is 0 Å². The van der Waals surface area contributed by atoms with Crippen LogP contribution in [0.5, 0.6) is 0 Å². The number of halogens is 1. The van der Waals surface area contributed by atoms with Crippen molar-refractivity contribution in [3.8, 4) is 11.1 Å². The van der Waals surface area contributed by atoms with Crippen molar-refractivity contribution in [2.75, 3.05) is 0 Å². The zero-order chi connectivity index (χ0) is 13.9. The number of nitrogens with zero attached hydrogens (tertiary/aromatic N) is 2. The van der Waals surface area contributed by atoms with E-state index in [1.807, 2.05) is 6.20 Å². The molecule has 1 saturated carbocycles. The van der Waals surface area contributed by atoms with Crippen LogP contribution < -0.4 is 0 Å². The first-order chi connectivity index (χ1) is 9.76. The Bertz CT molecular complexity index is 559. The summed E-state index contributed by atoms with van der Waals surface area (Å²) in [6.07, 6.45) is 10.9. The summed E-state index contributed by atoms with van der Waals surface area (Å²) in [4.78, 5) is 0. The summed E-state index contributed by atoms with van der Waals surface area (Å²) in [5.41, 5.74) is 2.50. The third kappa shape index (κ3) is 3.08. The zero-order valence-corrected chi connectivity index (χ0v) is 14.1. The Labute approximate surface area is 134 Å². The van der Waals surface area contributed by atoms with Crippen LogP contribution in [0.3, 0.4) is 0 Å². The average Bonchev–Trinajstić information content (AvgIpc) is 2.98. The van der Waals surface area contributed by atoms with E-state index in [4.69, 9.17) is 0 Å². The van der Waals surface area contributed by atoms with Crippen LogP contribution in [0.15, 0.2) is 36.7 Å². The minimum Gasteiger partial charge on any atom is -0.269 e. The van der Waals surface area contributed by atoms with Crippen molar-refractivity contribution in [3.63, 3.8) is 0 Å². The van der Waals surface area contributed by atoms with Gasteiger partial charge in [-0.15, -0.1) is 0 Å². The summed E-state index contributed by atoms with van der Waals surface area (Å²) in [7, 11) is 0. The SMILES string of the molecule is CCC1CCCC(n2cc(-c3ccc(I)cc3)cn2)C1. The maximum Gasteiger partial charge on any atom is 0.0568 e. The molecular formula is C17H21IN2. The van der Waals surface area contributed by atoms with Crippen molar-refractivity contribution >= 4 is 22.6 Å². The fraction of sp³-hybridized carbons (Fsp3) is 0.471. The van der Waals surface area contributed by atoms with E-state index in [0.717, 1.165) is 5.92 Å². The zero-order valence-electron chi connectivity index (χ0n) is 11.9. The lowest BCUT2D eigenvalue weighted by Crippen LogP contribution is -2.19. The topological polar surface area (TPSA) is 17.8 Å². The van der Waals surface area contributed by atoms with Crippen molar-refractivity contribution in [1.82, 2.24) is 9.78 Å². The van der Waals surface area contributed by atoms with Gasteiger partial charge in [-0.05, 0) is 59.0 Å². The Morgan fingerprint density at radius 3 is 2.75 bits per heavy atom. The van der Waals surface area contributed by atoms with Crippen LogP contribution in [0.1, 0.15) is 45.1 Å². The van der Waals surface area contributed by atoms with Crippen LogP contribution in [0, 0.1) is 9.49 Å². The van der Waals surface area contributed by atoms with Gasteiger partial charge in [-0.2, -0.15) is 5.10 Å². The first kappa shape index (κ1) is 14.1. The van der Waals surface area contributed by atoms with Gasteiger partial charge in [0.15, 0.2) is 0 Å². The Morgan fingerprint density at radius 1 is 1.20 bits per heavy atom. The van der Waals surface area contributed by atoms with E-state index in [2.05, 4.69) is 69.8 Å².